The third kappa shape index (κ3) is 4.66. The van der Waals surface area contributed by atoms with Gasteiger partial charge < -0.3 is 4.74 Å². The summed E-state index contributed by atoms with van der Waals surface area (Å²) in [6, 6.07) is 12.1. The van der Waals surface area contributed by atoms with Crippen molar-refractivity contribution in [1.29, 1.82) is 0 Å². The van der Waals surface area contributed by atoms with E-state index in [0.29, 0.717) is 5.52 Å². The lowest BCUT2D eigenvalue weighted by Crippen LogP contribution is -2.25. The number of nitrogens with zero attached hydrogens (tertiary/aromatic N) is 2. The maximum Gasteiger partial charge on any atom is 0.432 e. The minimum atomic E-state index is -4.40. The van der Waals surface area contributed by atoms with Gasteiger partial charge in [-0.25, -0.2) is 31.9 Å². The standard InChI is InChI=1S/C28H13F7N2OS2/c1-12-2-4-20-22(6-12)39-26(36-20)13-7-16(29)24(17(30)8-13)28(34,35)38-15-3-5-21-23(11-15)40-27(37-21)14-9-18(31)25(33)19(32)10-14/h2-11H,1H3. The fraction of sp³-hybridized carbons (Fsp3) is 0.0714. The number of ether oxygens (including phenoxy) is 1. The van der Waals surface area contributed by atoms with Crippen LogP contribution in [0.5, 0.6) is 5.75 Å². The van der Waals surface area contributed by atoms with Gasteiger partial charge in [-0.05, 0) is 67.1 Å². The van der Waals surface area contributed by atoms with Crippen molar-refractivity contribution in [3.05, 3.63) is 101 Å². The fourth-order valence-corrected chi connectivity index (χ4v) is 6.13. The van der Waals surface area contributed by atoms with Crippen LogP contribution in [0.2, 0.25) is 0 Å². The van der Waals surface area contributed by atoms with E-state index >= 15 is 8.78 Å². The van der Waals surface area contributed by atoms with Crippen molar-refractivity contribution < 1.29 is 35.5 Å². The second-order valence-electron chi connectivity index (χ2n) is 8.83. The van der Waals surface area contributed by atoms with E-state index in [1.54, 1.807) is 6.07 Å². The third-order valence-corrected chi connectivity index (χ3v) is 8.10. The van der Waals surface area contributed by atoms with Crippen LogP contribution in [-0.4, -0.2) is 9.97 Å². The summed E-state index contributed by atoms with van der Waals surface area (Å²) in [6.45, 7) is 1.88. The van der Waals surface area contributed by atoms with E-state index in [9.17, 15) is 22.0 Å². The lowest BCUT2D eigenvalue weighted by atomic mass is 10.1. The van der Waals surface area contributed by atoms with Crippen LogP contribution in [0.3, 0.4) is 0 Å². The molecule has 3 nitrogen and oxygen atoms in total. The normalized spacial score (nSPS) is 12.0. The Bertz CT molecular complexity index is 1900. The molecule has 0 spiro atoms. The van der Waals surface area contributed by atoms with Crippen LogP contribution in [0.25, 0.3) is 41.6 Å². The molecule has 0 fully saturated rings. The fourth-order valence-electron chi connectivity index (χ4n) is 4.10. The van der Waals surface area contributed by atoms with Crippen LogP contribution in [-0.2, 0) is 6.11 Å². The Balaban J connectivity index is 1.30. The van der Waals surface area contributed by atoms with Gasteiger partial charge in [-0.15, -0.1) is 22.7 Å². The molecule has 0 aliphatic carbocycles. The van der Waals surface area contributed by atoms with Crippen LogP contribution < -0.4 is 4.74 Å². The van der Waals surface area contributed by atoms with E-state index in [-0.39, 0.29) is 31.4 Å². The molecular weight excluding hydrogens is 577 g/mol. The number of thiazole rings is 2. The van der Waals surface area contributed by atoms with E-state index < -0.39 is 46.5 Å². The molecule has 0 aliphatic heterocycles. The molecule has 202 valence electrons. The van der Waals surface area contributed by atoms with Crippen molar-refractivity contribution in [2.24, 2.45) is 0 Å². The summed E-state index contributed by atoms with van der Waals surface area (Å²) in [5, 5.41) is 0.357. The van der Waals surface area contributed by atoms with Crippen molar-refractivity contribution in [2.45, 2.75) is 13.0 Å². The topological polar surface area (TPSA) is 35.0 Å². The molecule has 0 radical (unpaired) electrons. The van der Waals surface area contributed by atoms with Crippen LogP contribution in [0.1, 0.15) is 11.1 Å². The summed E-state index contributed by atoms with van der Waals surface area (Å²) in [7, 11) is 0. The number of aromatic nitrogens is 2. The number of hydrogen-bond acceptors (Lipinski definition) is 5. The van der Waals surface area contributed by atoms with Crippen LogP contribution in [0.4, 0.5) is 30.7 Å². The van der Waals surface area contributed by atoms with Gasteiger partial charge in [0.05, 0.1) is 20.4 Å². The number of benzene rings is 4. The Hall–Kier alpha value is -4.03. The highest BCUT2D eigenvalue weighted by atomic mass is 32.1. The molecule has 0 bridgehead atoms. The van der Waals surface area contributed by atoms with E-state index in [1.807, 2.05) is 19.1 Å². The predicted octanol–water partition coefficient (Wildman–Crippen LogP) is 9.37. The van der Waals surface area contributed by atoms with E-state index in [1.165, 1.54) is 17.4 Å². The van der Waals surface area contributed by atoms with Gasteiger partial charge in [-0.2, -0.15) is 8.78 Å². The Kier molecular flexibility index (Phi) is 6.26. The first-order valence-electron chi connectivity index (χ1n) is 11.5. The molecule has 2 aromatic heterocycles. The molecule has 12 heteroatoms. The molecule has 0 N–H and O–H groups in total. The van der Waals surface area contributed by atoms with Gasteiger partial charge in [0.25, 0.3) is 0 Å². The molecule has 0 saturated heterocycles. The zero-order valence-corrected chi connectivity index (χ0v) is 21.7. The largest absolute Gasteiger partial charge is 0.432 e. The van der Waals surface area contributed by atoms with Crippen molar-refractivity contribution in [3.8, 4) is 26.9 Å². The molecule has 0 saturated carbocycles. The van der Waals surface area contributed by atoms with E-state index in [0.717, 1.165) is 58.0 Å². The summed E-state index contributed by atoms with van der Waals surface area (Å²) in [5.41, 5.74) is 0.223. The summed E-state index contributed by atoms with van der Waals surface area (Å²) in [5.74, 6) is -7.93. The molecule has 0 atom stereocenters. The highest BCUT2D eigenvalue weighted by Crippen LogP contribution is 2.40. The molecule has 2 heterocycles. The Labute approximate surface area is 229 Å². The summed E-state index contributed by atoms with van der Waals surface area (Å²) in [6.07, 6.45) is -4.40. The van der Waals surface area contributed by atoms with Crippen LogP contribution in [0, 0.1) is 36.0 Å². The number of halogens is 7. The first kappa shape index (κ1) is 26.2. The number of alkyl halides is 2. The zero-order chi connectivity index (χ0) is 28.3. The van der Waals surface area contributed by atoms with Gasteiger partial charge in [-0.1, -0.05) is 6.07 Å². The average Bonchev–Trinajstić information content (AvgIpc) is 3.49. The second-order valence-corrected chi connectivity index (χ2v) is 10.9. The number of hydrogen-bond donors (Lipinski definition) is 0. The van der Waals surface area contributed by atoms with E-state index in [2.05, 4.69) is 9.97 Å². The van der Waals surface area contributed by atoms with E-state index in [4.69, 9.17) is 4.74 Å². The lowest BCUT2D eigenvalue weighted by molar-refractivity contribution is -0.189. The van der Waals surface area contributed by atoms with Gasteiger partial charge in [0.2, 0.25) is 0 Å². The monoisotopic (exact) mass is 590 g/mol. The number of aryl methyl sites for hydroxylation is 1. The summed E-state index contributed by atoms with van der Waals surface area (Å²) < 4.78 is 106. The predicted molar refractivity (Wildman–Crippen MR) is 139 cm³/mol. The third-order valence-electron chi connectivity index (χ3n) is 5.96. The summed E-state index contributed by atoms with van der Waals surface area (Å²) in [4.78, 5) is 8.51. The molecule has 0 amide bonds. The first-order valence-corrected chi connectivity index (χ1v) is 13.1. The summed E-state index contributed by atoms with van der Waals surface area (Å²) >= 11 is 2.05. The molecule has 0 aliphatic rings. The maximum atomic E-state index is 15.1. The first-order chi connectivity index (χ1) is 19.0. The van der Waals surface area contributed by atoms with Crippen molar-refractivity contribution in [3.63, 3.8) is 0 Å². The molecule has 0 unspecified atom stereocenters. The number of fused-ring (bicyclic) bond motifs is 2. The molecule has 6 rings (SSSR count). The maximum absolute atomic E-state index is 15.1. The highest BCUT2D eigenvalue weighted by molar-refractivity contribution is 7.22. The highest BCUT2D eigenvalue weighted by Gasteiger charge is 2.41. The minimum absolute atomic E-state index is 0.000628. The average molecular weight is 591 g/mol. The van der Waals surface area contributed by atoms with Crippen molar-refractivity contribution in [1.82, 2.24) is 9.97 Å². The van der Waals surface area contributed by atoms with Gasteiger partial charge >= 0.3 is 6.11 Å². The lowest BCUT2D eigenvalue weighted by Gasteiger charge is -2.19. The van der Waals surface area contributed by atoms with Gasteiger partial charge in [0.15, 0.2) is 17.5 Å². The minimum Gasteiger partial charge on any atom is -0.429 e. The van der Waals surface area contributed by atoms with Gasteiger partial charge in [0, 0.05) is 11.1 Å². The van der Waals surface area contributed by atoms with Gasteiger partial charge in [0.1, 0.15) is 33.0 Å². The van der Waals surface area contributed by atoms with Gasteiger partial charge in [-0.3, -0.25) is 0 Å². The molecular formula is C28H13F7N2OS2. The molecule has 4 aromatic carbocycles. The quantitative estimate of drug-likeness (QED) is 0.148. The Morgan fingerprint density at radius 2 is 1.15 bits per heavy atom. The van der Waals surface area contributed by atoms with Crippen molar-refractivity contribution >= 4 is 43.1 Å². The second kappa shape index (κ2) is 9.56. The van der Waals surface area contributed by atoms with Crippen molar-refractivity contribution in [2.75, 3.05) is 0 Å². The van der Waals surface area contributed by atoms with Crippen LogP contribution in [0.15, 0.2) is 60.7 Å². The zero-order valence-electron chi connectivity index (χ0n) is 20.0. The number of rotatable bonds is 5. The van der Waals surface area contributed by atoms with Crippen LogP contribution >= 0.6 is 22.7 Å². The Morgan fingerprint density at radius 1 is 0.650 bits per heavy atom. The molecule has 40 heavy (non-hydrogen) atoms. The Morgan fingerprint density at radius 3 is 1.73 bits per heavy atom. The smallest absolute Gasteiger partial charge is 0.429 e. The molecule has 6 aromatic rings. The SMILES string of the molecule is Cc1ccc2nc(-c3cc(F)c(C(F)(F)Oc4ccc5nc(-c6cc(F)c(F)c(F)c6)sc5c4)c(F)c3)sc2c1.